The maximum absolute atomic E-state index is 12.2. The van der Waals surface area contributed by atoms with Crippen molar-refractivity contribution < 1.29 is 22.7 Å². The molecule has 124 valence electrons. The normalized spacial score (nSPS) is 16.6. The SMILES string of the molecule is C#CCN1CCC(C(=O)Nc2cccc(OC(F)(F)F)c2)CC1. The van der Waals surface area contributed by atoms with E-state index in [1.807, 2.05) is 0 Å². The zero-order chi connectivity index (χ0) is 16.9. The molecule has 1 N–H and O–H groups in total. The molecule has 0 saturated carbocycles. The van der Waals surface area contributed by atoms with Crippen molar-refractivity contribution in [1.29, 1.82) is 0 Å². The lowest BCUT2D eigenvalue weighted by Gasteiger charge is -2.29. The summed E-state index contributed by atoms with van der Waals surface area (Å²) in [5.74, 6) is 1.83. The fourth-order valence-electron chi connectivity index (χ4n) is 2.50. The molecule has 1 aliphatic rings. The van der Waals surface area contributed by atoms with E-state index in [0.29, 0.717) is 19.4 Å². The van der Waals surface area contributed by atoms with Crippen molar-refractivity contribution >= 4 is 11.6 Å². The molecule has 1 heterocycles. The highest BCUT2D eigenvalue weighted by atomic mass is 19.4. The van der Waals surface area contributed by atoms with Gasteiger partial charge < -0.3 is 10.1 Å². The van der Waals surface area contributed by atoms with E-state index in [9.17, 15) is 18.0 Å². The van der Waals surface area contributed by atoms with E-state index >= 15 is 0 Å². The molecular formula is C16H17F3N2O2. The lowest BCUT2D eigenvalue weighted by atomic mass is 9.96. The molecule has 1 aromatic rings. The number of amides is 1. The summed E-state index contributed by atoms with van der Waals surface area (Å²) in [5.41, 5.74) is 0.280. The Kier molecular flexibility index (Phi) is 5.50. The van der Waals surface area contributed by atoms with Crippen molar-refractivity contribution in [3.8, 4) is 18.1 Å². The molecule has 4 nitrogen and oxygen atoms in total. The maximum Gasteiger partial charge on any atom is 0.573 e. The molecule has 1 aromatic carbocycles. The largest absolute Gasteiger partial charge is 0.573 e. The van der Waals surface area contributed by atoms with Gasteiger partial charge in [0.1, 0.15) is 5.75 Å². The summed E-state index contributed by atoms with van der Waals surface area (Å²) in [7, 11) is 0. The minimum atomic E-state index is -4.76. The van der Waals surface area contributed by atoms with E-state index in [0.717, 1.165) is 19.2 Å². The summed E-state index contributed by atoms with van der Waals surface area (Å²) in [6.07, 6.45) is 1.84. The Hall–Kier alpha value is -2.20. The van der Waals surface area contributed by atoms with Gasteiger partial charge in [-0.2, -0.15) is 0 Å². The Balaban J connectivity index is 1.91. The van der Waals surface area contributed by atoms with Gasteiger partial charge in [-0.05, 0) is 38.1 Å². The quantitative estimate of drug-likeness (QED) is 0.865. The minimum absolute atomic E-state index is 0.170. The molecule has 0 aliphatic carbocycles. The van der Waals surface area contributed by atoms with Crippen LogP contribution in [0.5, 0.6) is 5.75 Å². The summed E-state index contributed by atoms with van der Waals surface area (Å²) in [6.45, 7) is 2.03. The van der Waals surface area contributed by atoms with E-state index in [4.69, 9.17) is 6.42 Å². The second kappa shape index (κ2) is 7.38. The highest BCUT2D eigenvalue weighted by Gasteiger charge is 2.31. The monoisotopic (exact) mass is 326 g/mol. The number of nitrogens with zero attached hydrogens (tertiary/aromatic N) is 1. The Morgan fingerprint density at radius 1 is 1.39 bits per heavy atom. The van der Waals surface area contributed by atoms with Gasteiger partial charge in [0.25, 0.3) is 0 Å². The zero-order valence-electron chi connectivity index (χ0n) is 12.4. The molecule has 0 radical (unpaired) electrons. The summed E-state index contributed by atoms with van der Waals surface area (Å²) in [4.78, 5) is 14.3. The van der Waals surface area contributed by atoms with E-state index in [2.05, 4.69) is 20.9 Å². The number of halogens is 3. The van der Waals surface area contributed by atoms with Crippen LogP contribution in [0.1, 0.15) is 12.8 Å². The number of terminal acetylenes is 1. The van der Waals surface area contributed by atoms with Crippen molar-refractivity contribution in [3.05, 3.63) is 24.3 Å². The Morgan fingerprint density at radius 3 is 2.70 bits per heavy atom. The Labute approximate surface area is 132 Å². The smallest absolute Gasteiger partial charge is 0.406 e. The first-order valence-electron chi connectivity index (χ1n) is 7.20. The number of piperidine rings is 1. The van der Waals surface area contributed by atoms with Gasteiger partial charge >= 0.3 is 6.36 Å². The highest BCUT2D eigenvalue weighted by molar-refractivity contribution is 5.92. The van der Waals surface area contributed by atoms with Gasteiger partial charge in [0.2, 0.25) is 5.91 Å². The number of benzene rings is 1. The molecule has 1 fully saturated rings. The third-order valence-electron chi connectivity index (χ3n) is 3.61. The third-order valence-corrected chi connectivity index (χ3v) is 3.61. The zero-order valence-corrected chi connectivity index (χ0v) is 12.4. The van der Waals surface area contributed by atoms with Crippen LogP contribution in [-0.4, -0.2) is 36.8 Å². The van der Waals surface area contributed by atoms with E-state index in [-0.39, 0.29) is 23.3 Å². The molecule has 2 rings (SSSR count). The Morgan fingerprint density at radius 2 is 2.09 bits per heavy atom. The average Bonchev–Trinajstić information content (AvgIpc) is 2.47. The van der Waals surface area contributed by atoms with Crippen molar-refractivity contribution in [2.24, 2.45) is 5.92 Å². The van der Waals surface area contributed by atoms with E-state index in [1.54, 1.807) is 0 Å². The number of nitrogens with one attached hydrogen (secondary N) is 1. The number of likely N-dealkylation sites (tertiary alicyclic amines) is 1. The molecule has 1 aliphatic heterocycles. The fraction of sp³-hybridized carbons (Fsp3) is 0.438. The van der Waals surface area contributed by atoms with E-state index < -0.39 is 6.36 Å². The van der Waals surface area contributed by atoms with Gasteiger partial charge in [-0.1, -0.05) is 12.0 Å². The number of anilines is 1. The highest BCUT2D eigenvalue weighted by Crippen LogP contribution is 2.26. The summed E-state index contributed by atoms with van der Waals surface area (Å²) >= 11 is 0. The molecule has 0 aromatic heterocycles. The molecule has 1 amide bonds. The van der Waals surface area contributed by atoms with Crippen molar-refractivity contribution in [2.75, 3.05) is 25.0 Å². The predicted molar refractivity (Wildman–Crippen MR) is 79.8 cm³/mol. The van der Waals surface area contributed by atoms with Crippen LogP contribution in [0.25, 0.3) is 0 Å². The lowest BCUT2D eigenvalue weighted by Crippen LogP contribution is -2.38. The van der Waals surface area contributed by atoms with Gasteiger partial charge in [0.15, 0.2) is 0 Å². The summed E-state index contributed by atoms with van der Waals surface area (Å²) in [6, 6.07) is 5.25. The van der Waals surface area contributed by atoms with Gasteiger partial charge in [-0.25, -0.2) is 0 Å². The van der Waals surface area contributed by atoms with Crippen LogP contribution in [0, 0.1) is 18.3 Å². The van der Waals surface area contributed by atoms with Crippen molar-refractivity contribution in [2.45, 2.75) is 19.2 Å². The standard InChI is InChI=1S/C16H17F3N2O2/c1-2-8-21-9-6-12(7-10-21)15(22)20-13-4-3-5-14(11-13)23-16(17,18)19/h1,3-5,11-12H,6-10H2,(H,20,22). The number of carbonyl (C=O) groups excluding carboxylic acids is 1. The number of hydrogen-bond donors (Lipinski definition) is 1. The molecule has 0 bridgehead atoms. The summed E-state index contributed by atoms with van der Waals surface area (Å²) in [5, 5.41) is 2.64. The van der Waals surface area contributed by atoms with Crippen LogP contribution in [0.15, 0.2) is 24.3 Å². The molecule has 23 heavy (non-hydrogen) atoms. The van der Waals surface area contributed by atoms with Crippen LogP contribution in [0.2, 0.25) is 0 Å². The number of rotatable bonds is 4. The first-order valence-corrected chi connectivity index (χ1v) is 7.20. The third kappa shape index (κ3) is 5.49. The van der Waals surface area contributed by atoms with Crippen LogP contribution in [0.3, 0.4) is 0 Å². The number of alkyl halides is 3. The Bertz CT molecular complexity index is 588. The van der Waals surface area contributed by atoms with Gasteiger partial charge in [-0.15, -0.1) is 19.6 Å². The fourth-order valence-corrected chi connectivity index (χ4v) is 2.50. The van der Waals surface area contributed by atoms with Gasteiger partial charge in [0.05, 0.1) is 6.54 Å². The second-order valence-electron chi connectivity index (χ2n) is 5.32. The van der Waals surface area contributed by atoms with Crippen molar-refractivity contribution in [3.63, 3.8) is 0 Å². The van der Waals surface area contributed by atoms with Crippen molar-refractivity contribution in [1.82, 2.24) is 4.90 Å². The minimum Gasteiger partial charge on any atom is -0.406 e. The lowest BCUT2D eigenvalue weighted by molar-refractivity contribution is -0.274. The van der Waals surface area contributed by atoms with E-state index in [1.165, 1.54) is 18.2 Å². The molecular weight excluding hydrogens is 309 g/mol. The molecule has 1 saturated heterocycles. The molecule has 0 spiro atoms. The molecule has 7 heteroatoms. The van der Waals surface area contributed by atoms with Crippen LogP contribution in [0.4, 0.5) is 18.9 Å². The topological polar surface area (TPSA) is 41.6 Å². The maximum atomic E-state index is 12.2. The predicted octanol–water partition coefficient (Wildman–Crippen LogP) is 2.87. The number of carbonyl (C=O) groups is 1. The van der Waals surface area contributed by atoms with Crippen LogP contribution < -0.4 is 10.1 Å². The molecule has 0 atom stereocenters. The first kappa shape index (κ1) is 17.2. The molecule has 0 unspecified atom stereocenters. The number of hydrogen-bond acceptors (Lipinski definition) is 3. The first-order chi connectivity index (χ1) is 10.9. The second-order valence-corrected chi connectivity index (χ2v) is 5.32. The average molecular weight is 326 g/mol. The van der Waals surface area contributed by atoms with Crippen LogP contribution >= 0.6 is 0 Å². The van der Waals surface area contributed by atoms with Gasteiger partial charge in [0, 0.05) is 17.7 Å². The number of ether oxygens (including phenoxy) is 1. The summed E-state index contributed by atoms with van der Waals surface area (Å²) < 4.78 is 40.4. The van der Waals surface area contributed by atoms with Crippen LogP contribution in [-0.2, 0) is 4.79 Å². The van der Waals surface area contributed by atoms with Gasteiger partial charge in [-0.3, -0.25) is 9.69 Å².